The summed E-state index contributed by atoms with van der Waals surface area (Å²) in [6.45, 7) is 1.22. The van der Waals surface area contributed by atoms with Crippen molar-refractivity contribution in [1.82, 2.24) is 4.90 Å². The fourth-order valence-electron chi connectivity index (χ4n) is 1.56. The standard InChI is InChI=1S/C13H19BrN2O2S/c1-16(9-4-8-15)13(17)7-10-19(18)12-6-3-2-5-11(12)14/h2-3,5-6H,4,7-10,15H2,1H3. The summed E-state index contributed by atoms with van der Waals surface area (Å²) in [5, 5.41) is 0. The summed E-state index contributed by atoms with van der Waals surface area (Å²) in [5.74, 6) is 0.350. The van der Waals surface area contributed by atoms with Crippen LogP contribution in [-0.2, 0) is 15.6 Å². The van der Waals surface area contributed by atoms with Gasteiger partial charge in [-0.15, -0.1) is 0 Å². The number of hydrogen-bond acceptors (Lipinski definition) is 3. The smallest absolute Gasteiger partial charge is 0.223 e. The van der Waals surface area contributed by atoms with Crippen LogP contribution < -0.4 is 5.73 Å². The van der Waals surface area contributed by atoms with E-state index >= 15 is 0 Å². The summed E-state index contributed by atoms with van der Waals surface area (Å²) in [5.41, 5.74) is 5.40. The van der Waals surface area contributed by atoms with Gasteiger partial charge in [0.05, 0.1) is 15.7 Å². The molecule has 6 heteroatoms. The van der Waals surface area contributed by atoms with E-state index in [1.807, 2.05) is 24.3 Å². The molecule has 2 N–H and O–H groups in total. The summed E-state index contributed by atoms with van der Waals surface area (Å²) in [7, 11) is 0.592. The van der Waals surface area contributed by atoms with Crippen LogP contribution in [0.15, 0.2) is 33.6 Å². The molecule has 1 rings (SSSR count). The monoisotopic (exact) mass is 346 g/mol. The molecule has 0 fully saturated rings. The molecule has 19 heavy (non-hydrogen) atoms. The molecule has 1 unspecified atom stereocenters. The quantitative estimate of drug-likeness (QED) is 0.817. The van der Waals surface area contributed by atoms with Gasteiger partial charge in [0.2, 0.25) is 5.91 Å². The summed E-state index contributed by atoms with van der Waals surface area (Å²) < 4.78 is 12.9. The zero-order valence-electron chi connectivity index (χ0n) is 11.0. The van der Waals surface area contributed by atoms with E-state index in [4.69, 9.17) is 5.73 Å². The Labute approximate surface area is 124 Å². The van der Waals surface area contributed by atoms with E-state index in [2.05, 4.69) is 15.9 Å². The van der Waals surface area contributed by atoms with Crippen molar-refractivity contribution in [3.05, 3.63) is 28.7 Å². The lowest BCUT2D eigenvalue weighted by Crippen LogP contribution is -2.29. The van der Waals surface area contributed by atoms with Crippen LogP contribution in [0.25, 0.3) is 0 Å². The fraction of sp³-hybridized carbons (Fsp3) is 0.462. The summed E-state index contributed by atoms with van der Waals surface area (Å²) >= 11 is 3.36. The highest BCUT2D eigenvalue weighted by Crippen LogP contribution is 2.20. The molecule has 0 aromatic heterocycles. The number of hydrogen-bond donors (Lipinski definition) is 1. The lowest BCUT2D eigenvalue weighted by molar-refractivity contribution is -0.129. The van der Waals surface area contributed by atoms with Crippen LogP contribution in [0, 0.1) is 0 Å². The fourth-order valence-corrected chi connectivity index (χ4v) is 3.49. The molecule has 0 spiro atoms. The molecule has 0 saturated carbocycles. The van der Waals surface area contributed by atoms with Crippen molar-refractivity contribution in [3.8, 4) is 0 Å². The Balaban J connectivity index is 2.46. The molecule has 1 amide bonds. The van der Waals surface area contributed by atoms with Crippen molar-refractivity contribution >= 4 is 32.6 Å². The van der Waals surface area contributed by atoms with Gasteiger partial charge in [-0.25, -0.2) is 0 Å². The second-order valence-electron chi connectivity index (χ2n) is 4.19. The van der Waals surface area contributed by atoms with Gasteiger partial charge >= 0.3 is 0 Å². The number of nitrogens with two attached hydrogens (primary N) is 1. The average Bonchev–Trinajstić information content (AvgIpc) is 2.42. The van der Waals surface area contributed by atoms with Gasteiger partial charge < -0.3 is 10.6 Å². The first-order chi connectivity index (χ1) is 9.06. The maximum absolute atomic E-state index is 12.1. The number of carbonyl (C=O) groups is 1. The van der Waals surface area contributed by atoms with Crippen molar-refractivity contribution in [2.45, 2.75) is 17.7 Å². The molecule has 0 radical (unpaired) electrons. The van der Waals surface area contributed by atoms with E-state index in [0.717, 1.165) is 15.8 Å². The molecule has 1 aromatic rings. The Kier molecular flexibility index (Phi) is 7.27. The Bertz CT molecular complexity index is 454. The summed E-state index contributed by atoms with van der Waals surface area (Å²) in [6, 6.07) is 7.37. The maximum atomic E-state index is 12.1. The van der Waals surface area contributed by atoms with Gasteiger partial charge in [0.25, 0.3) is 0 Å². The first-order valence-electron chi connectivity index (χ1n) is 6.13. The van der Waals surface area contributed by atoms with Crippen LogP contribution in [0.5, 0.6) is 0 Å². The third-order valence-electron chi connectivity index (χ3n) is 2.71. The van der Waals surface area contributed by atoms with Crippen molar-refractivity contribution in [2.75, 3.05) is 25.9 Å². The van der Waals surface area contributed by atoms with Crippen molar-refractivity contribution in [2.24, 2.45) is 5.73 Å². The third-order valence-corrected chi connectivity index (χ3v) is 5.08. The second kappa shape index (κ2) is 8.45. The predicted octanol–water partition coefficient (Wildman–Crippen LogP) is 1.75. The molecule has 4 nitrogen and oxygen atoms in total. The lowest BCUT2D eigenvalue weighted by Gasteiger charge is -2.16. The molecular formula is C13H19BrN2O2S. The average molecular weight is 347 g/mol. The van der Waals surface area contributed by atoms with E-state index in [9.17, 15) is 9.00 Å². The van der Waals surface area contributed by atoms with E-state index in [1.165, 1.54) is 0 Å². The number of carbonyl (C=O) groups excluding carboxylic acids is 1. The molecule has 1 atom stereocenters. The molecule has 0 aliphatic rings. The topological polar surface area (TPSA) is 63.4 Å². The Morgan fingerprint density at radius 1 is 1.42 bits per heavy atom. The Morgan fingerprint density at radius 3 is 2.74 bits per heavy atom. The van der Waals surface area contributed by atoms with Gasteiger partial charge in [-0.05, 0) is 41.0 Å². The first kappa shape index (κ1) is 16.3. The first-order valence-corrected chi connectivity index (χ1v) is 8.24. The van der Waals surface area contributed by atoms with Crippen molar-refractivity contribution in [3.63, 3.8) is 0 Å². The molecule has 0 heterocycles. The van der Waals surface area contributed by atoms with Gasteiger partial charge in [0.15, 0.2) is 0 Å². The van der Waals surface area contributed by atoms with Crippen LogP contribution in [0.1, 0.15) is 12.8 Å². The Morgan fingerprint density at radius 2 is 2.11 bits per heavy atom. The van der Waals surface area contributed by atoms with Crippen LogP contribution in [0.2, 0.25) is 0 Å². The van der Waals surface area contributed by atoms with E-state index in [1.54, 1.807) is 11.9 Å². The van der Waals surface area contributed by atoms with Crippen LogP contribution in [0.3, 0.4) is 0 Å². The molecule has 0 bridgehead atoms. The number of halogens is 1. The van der Waals surface area contributed by atoms with E-state index in [-0.39, 0.29) is 12.3 Å². The van der Waals surface area contributed by atoms with Crippen molar-refractivity contribution < 1.29 is 9.00 Å². The van der Waals surface area contributed by atoms with E-state index < -0.39 is 10.8 Å². The second-order valence-corrected chi connectivity index (χ2v) is 6.58. The van der Waals surface area contributed by atoms with Crippen LogP contribution in [-0.4, -0.2) is 40.9 Å². The Hall–Kier alpha value is -0.720. The van der Waals surface area contributed by atoms with Gasteiger partial charge in [-0.2, -0.15) is 0 Å². The van der Waals surface area contributed by atoms with Gasteiger partial charge in [0, 0.05) is 30.2 Å². The highest BCUT2D eigenvalue weighted by atomic mass is 79.9. The van der Waals surface area contributed by atoms with Gasteiger partial charge in [-0.1, -0.05) is 12.1 Å². The van der Waals surface area contributed by atoms with E-state index in [0.29, 0.717) is 18.8 Å². The number of benzene rings is 1. The molecule has 0 saturated heterocycles. The SMILES string of the molecule is CN(CCCN)C(=O)CCS(=O)c1ccccc1Br. The number of nitrogens with zero attached hydrogens (tertiary/aromatic N) is 1. The van der Waals surface area contributed by atoms with Crippen LogP contribution >= 0.6 is 15.9 Å². The minimum Gasteiger partial charge on any atom is -0.346 e. The summed E-state index contributed by atoms with van der Waals surface area (Å²) in [6.07, 6.45) is 1.07. The molecule has 0 aliphatic carbocycles. The zero-order chi connectivity index (χ0) is 14.3. The summed E-state index contributed by atoms with van der Waals surface area (Å²) in [4.78, 5) is 14.2. The minimum absolute atomic E-state index is 0.00820. The molecule has 1 aromatic carbocycles. The maximum Gasteiger partial charge on any atom is 0.223 e. The van der Waals surface area contributed by atoms with Crippen LogP contribution in [0.4, 0.5) is 0 Å². The number of amides is 1. The minimum atomic E-state index is -1.16. The zero-order valence-corrected chi connectivity index (χ0v) is 13.4. The normalized spacial score (nSPS) is 12.2. The largest absolute Gasteiger partial charge is 0.346 e. The number of rotatable bonds is 7. The third kappa shape index (κ3) is 5.42. The van der Waals surface area contributed by atoms with Crippen molar-refractivity contribution in [1.29, 1.82) is 0 Å². The van der Waals surface area contributed by atoms with Gasteiger partial charge in [-0.3, -0.25) is 9.00 Å². The molecule has 0 aliphatic heterocycles. The highest BCUT2D eigenvalue weighted by Gasteiger charge is 2.12. The lowest BCUT2D eigenvalue weighted by atomic mass is 10.3. The predicted molar refractivity (Wildman–Crippen MR) is 81.3 cm³/mol. The van der Waals surface area contributed by atoms with Gasteiger partial charge in [0.1, 0.15) is 0 Å². The molecule has 106 valence electrons. The highest BCUT2D eigenvalue weighted by molar-refractivity contribution is 9.10. The molecular weight excluding hydrogens is 328 g/mol.